The number of halogens is 2. The van der Waals surface area contributed by atoms with Gasteiger partial charge < -0.3 is 10.1 Å². The number of nitrogens with one attached hydrogen (secondary N) is 2. The number of ether oxygens (including phenoxy) is 1. The Labute approximate surface area is 165 Å². The lowest BCUT2D eigenvalue weighted by Gasteiger charge is -2.05. The van der Waals surface area contributed by atoms with E-state index in [1.54, 1.807) is 30.3 Å². The van der Waals surface area contributed by atoms with E-state index in [1.165, 1.54) is 25.5 Å². The third-order valence-corrected chi connectivity index (χ3v) is 4.00. The molecule has 0 saturated carbocycles. The summed E-state index contributed by atoms with van der Waals surface area (Å²) in [7, 11) is 1.30. The van der Waals surface area contributed by atoms with Crippen LogP contribution in [0, 0.1) is 0 Å². The molecule has 0 radical (unpaired) electrons. The minimum atomic E-state index is -0.588. The molecule has 0 aliphatic rings. The van der Waals surface area contributed by atoms with Crippen LogP contribution in [0.2, 0.25) is 10.0 Å². The first-order chi connectivity index (χ1) is 12.9. The van der Waals surface area contributed by atoms with Crippen LogP contribution in [0.4, 0.5) is 5.69 Å². The van der Waals surface area contributed by atoms with Gasteiger partial charge in [0.15, 0.2) is 0 Å². The molecule has 0 aliphatic carbocycles. The number of methoxy groups -OCH3 is 1. The maximum Gasteiger partial charge on any atom is 0.337 e. The number of hydrogen-bond acceptors (Lipinski definition) is 5. The van der Waals surface area contributed by atoms with Gasteiger partial charge >= 0.3 is 5.97 Å². The Kier molecular flexibility index (Phi) is 7.34. The maximum absolute atomic E-state index is 11.8. The number of rotatable bonds is 6. The number of benzene rings is 2. The van der Waals surface area contributed by atoms with Gasteiger partial charge in [-0.1, -0.05) is 35.3 Å². The molecule has 0 heterocycles. The molecule has 0 bridgehead atoms. The van der Waals surface area contributed by atoms with E-state index in [9.17, 15) is 14.4 Å². The third-order valence-electron chi connectivity index (χ3n) is 3.26. The highest BCUT2D eigenvalue weighted by Crippen LogP contribution is 2.24. The maximum atomic E-state index is 11.8. The highest BCUT2D eigenvalue weighted by Gasteiger charge is 2.10. The summed E-state index contributed by atoms with van der Waals surface area (Å²) in [6.07, 6.45) is 0.967. The van der Waals surface area contributed by atoms with Crippen LogP contribution < -0.4 is 10.7 Å². The van der Waals surface area contributed by atoms with Gasteiger partial charge in [0.25, 0.3) is 0 Å². The number of esters is 1. The average molecular weight is 408 g/mol. The summed E-state index contributed by atoms with van der Waals surface area (Å²) in [6.45, 7) is 0. The van der Waals surface area contributed by atoms with Gasteiger partial charge in [-0.2, -0.15) is 5.10 Å². The second kappa shape index (κ2) is 9.70. The molecule has 9 heteroatoms. The van der Waals surface area contributed by atoms with Crippen molar-refractivity contribution in [1.29, 1.82) is 0 Å². The highest BCUT2D eigenvalue weighted by atomic mass is 35.5. The molecule has 2 N–H and O–H groups in total. The van der Waals surface area contributed by atoms with E-state index in [4.69, 9.17) is 23.2 Å². The van der Waals surface area contributed by atoms with Crippen LogP contribution in [0.1, 0.15) is 22.3 Å². The van der Waals surface area contributed by atoms with E-state index >= 15 is 0 Å². The summed E-state index contributed by atoms with van der Waals surface area (Å²) in [5, 5.41) is 6.95. The molecule has 2 aromatic carbocycles. The number of hydrazone groups is 1. The molecule has 2 aromatic rings. The van der Waals surface area contributed by atoms with Gasteiger partial charge in [-0.25, -0.2) is 10.2 Å². The molecule has 0 atom stereocenters. The van der Waals surface area contributed by atoms with E-state index in [-0.39, 0.29) is 0 Å². The first kappa shape index (κ1) is 20.4. The second-order valence-corrected chi connectivity index (χ2v) is 6.08. The summed E-state index contributed by atoms with van der Waals surface area (Å²) in [4.78, 5) is 34.9. The predicted molar refractivity (Wildman–Crippen MR) is 103 cm³/mol. The van der Waals surface area contributed by atoms with Gasteiger partial charge in [-0.15, -0.1) is 0 Å². The summed E-state index contributed by atoms with van der Waals surface area (Å²) in [5.74, 6) is -1.56. The lowest BCUT2D eigenvalue weighted by molar-refractivity contribution is -0.126. The Morgan fingerprint density at radius 2 is 1.74 bits per heavy atom. The van der Waals surface area contributed by atoms with Crippen molar-refractivity contribution in [2.75, 3.05) is 12.4 Å². The fraction of sp³-hybridized carbons (Fsp3) is 0.111. The van der Waals surface area contributed by atoms with Gasteiger partial charge in [-0.3, -0.25) is 9.59 Å². The Morgan fingerprint density at radius 1 is 1.04 bits per heavy atom. The molecule has 7 nitrogen and oxygen atoms in total. The fourth-order valence-corrected chi connectivity index (χ4v) is 2.26. The molecule has 0 unspecified atom stereocenters. The van der Waals surface area contributed by atoms with Gasteiger partial charge in [0.05, 0.1) is 28.9 Å². The molecular formula is C18H15Cl2N3O4. The first-order valence-corrected chi connectivity index (χ1v) is 8.40. The summed E-state index contributed by atoms with van der Waals surface area (Å²) >= 11 is 11.7. The van der Waals surface area contributed by atoms with Gasteiger partial charge in [-0.05, 0) is 35.9 Å². The van der Waals surface area contributed by atoms with Gasteiger partial charge in [0.2, 0.25) is 11.8 Å². The zero-order valence-electron chi connectivity index (χ0n) is 14.2. The molecule has 2 rings (SSSR count). The average Bonchev–Trinajstić information content (AvgIpc) is 2.64. The van der Waals surface area contributed by atoms with E-state index in [1.807, 2.05) is 0 Å². The van der Waals surface area contributed by atoms with Crippen molar-refractivity contribution in [3.63, 3.8) is 0 Å². The van der Waals surface area contributed by atoms with E-state index < -0.39 is 24.2 Å². The standard InChI is InChI=1S/C18H15Cl2N3O4/c1-27-18(26)12-4-2-11(3-5-12)10-21-23-17(25)9-16(24)22-13-6-7-14(19)15(20)8-13/h2-8,10H,9H2,1H3,(H,22,24)(H,23,25)/b21-10+. The van der Waals surface area contributed by atoms with Gasteiger partial charge in [0, 0.05) is 5.69 Å². The summed E-state index contributed by atoms with van der Waals surface area (Å²) in [6, 6.07) is 11.0. The number of carbonyl (C=O) groups is 3. The van der Waals surface area contributed by atoms with Crippen LogP contribution in [0.5, 0.6) is 0 Å². The fourth-order valence-electron chi connectivity index (χ4n) is 1.97. The Hall–Kier alpha value is -2.90. The number of amides is 2. The van der Waals surface area contributed by atoms with Crippen molar-refractivity contribution >= 4 is 52.9 Å². The lowest BCUT2D eigenvalue weighted by atomic mass is 10.1. The highest BCUT2D eigenvalue weighted by molar-refractivity contribution is 6.42. The van der Waals surface area contributed by atoms with Gasteiger partial charge in [0.1, 0.15) is 6.42 Å². The molecule has 0 saturated heterocycles. The molecule has 140 valence electrons. The SMILES string of the molecule is COC(=O)c1ccc(/C=N/NC(=O)CC(=O)Nc2ccc(Cl)c(Cl)c2)cc1. The number of nitrogens with zero attached hydrogens (tertiary/aromatic N) is 1. The number of anilines is 1. The predicted octanol–water partition coefficient (Wildman–Crippen LogP) is 3.26. The van der Waals surface area contributed by atoms with Crippen molar-refractivity contribution in [2.45, 2.75) is 6.42 Å². The van der Waals surface area contributed by atoms with Crippen LogP contribution in [-0.4, -0.2) is 31.1 Å². The minimum absolute atomic E-state index is 0.293. The van der Waals surface area contributed by atoms with E-state index in [0.29, 0.717) is 26.9 Å². The number of hydrogen-bond donors (Lipinski definition) is 2. The molecule has 27 heavy (non-hydrogen) atoms. The quantitative estimate of drug-likeness (QED) is 0.332. The van der Waals surface area contributed by atoms with Crippen LogP contribution in [0.3, 0.4) is 0 Å². The smallest absolute Gasteiger partial charge is 0.337 e. The molecule has 2 amide bonds. The molecule has 0 aliphatic heterocycles. The Morgan fingerprint density at radius 3 is 2.37 bits per heavy atom. The second-order valence-electron chi connectivity index (χ2n) is 5.26. The van der Waals surface area contributed by atoms with Crippen molar-refractivity contribution in [1.82, 2.24) is 5.43 Å². The summed E-state index contributed by atoms with van der Waals surface area (Å²) < 4.78 is 4.60. The van der Waals surface area contributed by atoms with Crippen molar-refractivity contribution < 1.29 is 19.1 Å². The number of carbonyl (C=O) groups excluding carboxylic acids is 3. The summed E-state index contributed by atoms with van der Waals surface area (Å²) in [5.41, 5.74) is 3.73. The van der Waals surface area contributed by atoms with E-state index in [2.05, 4.69) is 20.6 Å². The van der Waals surface area contributed by atoms with Crippen LogP contribution in [-0.2, 0) is 14.3 Å². The van der Waals surface area contributed by atoms with E-state index in [0.717, 1.165) is 0 Å². The Balaban J connectivity index is 1.82. The molecular weight excluding hydrogens is 393 g/mol. The third kappa shape index (κ3) is 6.40. The Bertz CT molecular complexity index is 883. The largest absolute Gasteiger partial charge is 0.465 e. The molecule has 0 aromatic heterocycles. The van der Waals surface area contributed by atoms with Crippen molar-refractivity contribution in [3.05, 3.63) is 63.6 Å². The topological polar surface area (TPSA) is 96.9 Å². The first-order valence-electron chi connectivity index (χ1n) is 7.64. The molecule has 0 fully saturated rings. The minimum Gasteiger partial charge on any atom is -0.465 e. The monoisotopic (exact) mass is 407 g/mol. The van der Waals surface area contributed by atoms with Crippen LogP contribution >= 0.6 is 23.2 Å². The van der Waals surface area contributed by atoms with Crippen molar-refractivity contribution in [2.24, 2.45) is 5.10 Å². The molecule has 0 spiro atoms. The lowest BCUT2D eigenvalue weighted by Crippen LogP contribution is -2.24. The zero-order chi connectivity index (χ0) is 19.8. The van der Waals surface area contributed by atoms with Crippen molar-refractivity contribution in [3.8, 4) is 0 Å². The van der Waals surface area contributed by atoms with Crippen LogP contribution in [0.15, 0.2) is 47.6 Å². The normalized spacial score (nSPS) is 10.5. The zero-order valence-corrected chi connectivity index (χ0v) is 15.7. The van der Waals surface area contributed by atoms with Crippen LogP contribution in [0.25, 0.3) is 0 Å².